The van der Waals surface area contributed by atoms with Gasteiger partial charge in [0.2, 0.25) is 0 Å². The van der Waals surface area contributed by atoms with Crippen LogP contribution in [0.2, 0.25) is 5.02 Å². The van der Waals surface area contributed by atoms with Gasteiger partial charge in [0.25, 0.3) is 0 Å². The molecule has 0 aliphatic heterocycles. The van der Waals surface area contributed by atoms with Crippen molar-refractivity contribution in [3.8, 4) is 0 Å². The van der Waals surface area contributed by atoms with Crippen LogP contribution in [0, 0.1) is 5.82 Å². The Morgan fingerprint density at radius 2 is 2.21 bits per heavy atom. The molecule has 2 nitrogen and oxygen atoms in total. The van der Waals surface area contributed by atoms with Crippen LogP contribution < -0.4 is 0 Å². The van der Waals surface area contributed by atoms with Crippen molar-refractivity contribution in [2.45, 2.75) is 0 Å². The van der Waals surface area contributed by atoms with Crippen LogP contribution >= 0.6 is 27.5 Å². The van der Waals surface area contributed by atoms with Crippen LogP contribution in [0.4, 0.5) is 4.39 Å². The second-order valence-electron chi connectivity index (χ2n) is 2.47. The van der Waals surface area contributed by atoms with Crippen molar-refractivity contribution >= 4 is 39.6 Å². The van der Waals surface area contributed by atoms with E-state index < -0.39 is 11.8 Å². The molecule has 0 amide bonds. The number of hydrogen-bond donors (Lipinski definition) is 1. The van der Waals surface area contributed by atoms with Gasteiger partial charge < -0.3 is 5.11 Å². The van der Waals surface area contributed by atoms with Gasteiger partial charge in [-0.2, -0.15) is 0 Å². The molecule has 0 radical (unpaired) electrons. The van der Waals surface area contributed by atoms with Crippen molar-refractivity contribution in [1.29, 1.82) is 0 Å². The third-order valence-electron chi connectivity index (χ3n) is 1.42. The van der Waals surface area contributed by atoms with Crippen molar-refractivity contribution < 1.29 is 14.3 Å². The maximum Gasteiger partial charge on any atom is 0.328 e. The number of benzene rings is 1. The van der Waals surface area contributed by atoms with Gasteiger partial charge in [-0.3, -0.25) is 0 Å². The van der Waals surface area contributed by atoms with Crippen molar-refractivity contribution in [1.82, 2.24) is 0 Å². The van der Waals surface area contributed by atoms with E-state index in [9.17, 15) is 9.18 Å². The monoisotopic (exact) mass is 278 g/mol. The number of rotatable bonds is 2. The number of hydrogen-bond acceptors (Lipinski definition) is 1. The van der Waals surface area contributed by atoms with E-state index in [0.717, 1.165) is 6.08 Å². The summed E-state index contributed by atoms with van der Waals surface area (Å²) in [6, 6.07) is 2.66. The zero-order chi connectivity index (χ0) is 10.7. The molecule has 0 fully saturated rings. The Balaban J connectivity index is 3.07. The molecule has 14 heavy (non-hydrogen) atoms. The predicted octanol–water partition coefficient (Wildman–Crippen LogP) is 3.34. The molecule has 74 valence electrons. The summed E-state index contributed by atoms with van der Waals surface area (Å²) in [7, 11) is 0. The normalized spacial score (nSPS) is 10.8. The Labute approximate surface area is 93.1 Å². The maximum atomic E-state index is 13.1. The number of carbonyl (C=O) groups is 1. The molecule has 1 N–H and O–H groups in total. The summed E-state index contributed by atoms with van der Waals surface area (Å²) in [5.74, 6) is -1.62. The van der Waals surface area contributed by atoms with Crippen LogP contribution in [0.5, 0.6) is 0 Å². The first-order valence-corrected chi connectivity index (χ1v) is 4.73. The average Bonchev–Trinajstić information content (AvgIpc) is 2.10. The van der Waals surface area contributed by atoms with Gasteiger partial charge in [0.1, 0.15) is 5.82 Å². The zero-order valence-electron chi connectivity index (χ0n) is 6.80. The summed E-state index contributed by atoms with van der Waals surface area (Å²) in [5.41, 5.74) is 0.401. The van der Waals surface area contributed by atoms with Gasteiger partial charge >= 0.3 is 5.97 Å². The third kappa shape index (κ3) is 2.82. The Bertz CT molecular complexity index is 381. The van der Waals surface area contributed by atoms with E-state index in [1.54, 1.807) is 0 Å². The first-order valence-electron chi connectivity index (χ1n) is 3.56. The third-order valence-corrected chi connectivity index (χ3v) is 2.76. The molecule has 0 atom stereocenters. The van der Waals surface area contributed by atoms with E-state index in [0.29, 0.717) is 5.56 Å². The lowest BCUT2D eigenvalue weighted by Crippen LogP contribution is -1.87. The SMILES string of the molecule is O=C(O)/C=C/c1cc(F)c(Br)c(Cl)c1. The predicted molar refractivity (Wildman–Crippen MR) is 55.8 cm³/mol. The van der Waals surface area contributed by atoms with Gasteiger partial charge in [-0.25, -0.2) is 9.18 Å². The van der Waals surface area contributed by atoms with Gasteiger partial charge in [0.15, 0.2) is 0 Å². The molecule has 1 aromatic carbocycles. The van der Waals surface area contributed by atoms with Crippen LogP contribution in [0.15, 0.2) is 22.7 Å². The molecule has 0 spiro atoms. The number of carboxylic acid groups (broad SMARTS) is 1. The van der Waals surface area contributed by atoms with E-state index in [1.807, 2.05) is 0 Å². The molecule has 0 aliphatic carbocycles. The van der Waals surface area contributed by atoms with Crippen LogP contribution in [0.1, 0.15) is 5.56 Å². The number of aliphatic carboxylic acids is 1. The fourth-order valence-corrected chi connectivity index (χ4v) is 1.28. The van der Waals surface area contributed by atoms with E-state index in [-0.39, 0.29) is 9.50 Å². The summed E-state index contributed by atoms with van der Waals surface area (Å²) >= 11 is 8.61. The van der Waals surface area contributed by atoms with E-state index in [1.165, 1.54) is 18.2 Å². The molecule has 0 unspecified atom stereocenters. The highest BCUT2D eigenvalue weighted by Crippen LogP contribution is 2.27. The minimum absolute atomic E-state index is 0.173. The van der Waals surface area contributed by atoms with Gasteiger partial charge in [0, 0.05) is 6.08 Å². The molecule has 1 aromatic rings. The number of halogens is 3. The molecule has 0 saturated heterocycles. The van der Waals surface area contributed by atoms with Crippen molar-refractivity contribution in [3.63, 3.8) is 0 Å². The second kappa shape index (κ2) is 4.57. The van der Waals surface area contributed by atoms with Gasteiger partial charge in [-0.1, -0.05) is 11.6 Å². The summed E-state index contributed by atoms with van der Waals surface area (Å²) in [4.78, 5) is 10.2. The zero-order valence-corrected chi connectivity index (χ0v) is 9.14. The molecule has 1 rings (SSSR count). The summed E-state index contributed by atoms with van der Waals surface area (Å²) in [6.45, 7) is 0. The molecule has 0 saturated carbocycles. The largest absolute Gasteiger partial charge is 0.478 e. The minimum Gasteiger partial charge on any atom is -0.478 e. The van der Waals surface area contributed by atoms with E-state index in [4.69, 9.17) is 16.7 Å². The smallest absolute Gasteiger partial charge is 0.328 e. The first-order chi connectivity index (χ1) is 6.50. The Kier molecular flexibility index (Phi) is 3.66. The topological polar surface area (TPSA) is 37.3 Å². The Hall–Kier alpha value is -0.870. The Morgan fingerprint density at radius 3 is 2.71 bits per heavy atom. The lowest BCUT2D eigenvalue weighted by Gasteiger charge is -1.99. The van der Waals surface area contributed by atoms with E-state index in [2.05, 4.69) is 15.9 Å². The van der Waals surface area contributed by atoms with Crippen molar-refractivity contribution in [2.75, 3.05) is 0 Å². The minimum atomic E-state index is -1.09. The summed E-state index contributed by atoms with van der Waals surface area (Å²) in [6.07, 6.45) is 2.18. The van der Waals surface area contributed by atoms with Crippen LogP contribution in [-0.2, 0) is 4.79 Å². The summed E-state index contributed by atoms with van der Waals surface area (Å²) < 4.78 is 13.2. The Morgan fingerprint density at radius 1 is 1.57 bits per heavy atom. The van der Waals surface area contributed by atoms with Crippen LogP contribution in [0.25, 0.3) is 6.08 Å². The highest BCUT2D eigenvalue weighted by atomic mass is 79.9. The van der Waals surface area contributed by atoms with Crippen molar-refractivity contribution in [3.05, 3.63) is 39.1 Å². The second-order valence-corrected chi connectivity index (χ2v) is 3.67. The summed E-state index contributed by atoms with van der Waals surface area (Å²) in [5, 5.41) is 8.55. The molecule has 0 heterocycles. The highest BCUT2D eigenvalue weighted by Gasteiger charge is 2.05. The van der Waals surface area contributed by atoms with E-state index >= 15 is 0 Å². The first kappa shape index (κ1) is 11.2. The fraction of sp³-hybridized carbons (Fsp3) is 0. The van der Waals surface area contributed by atoms with Gasteiger partial charge in [0.05, 0.1) is 9.50 Å². The standard InChI is InChI=1S/C9H5BrClFO2/c10-9-6(11)3-5(4-7(9)12)1-2-8(13)14/h1-4H,(H,13,14)/b2-1+. The van der Waals surface area contributed by atoms with Crippen LogP contribution in [0.3, 0.4) is 0 Å². The molecular formula is C9H5BrClFO2. The highest BCUT2D eigenvalue weighted by molar-refractivity contribution is 9.10. The lowest BCUT2D eigenvalue weighted by molar-refractivity contribution is -0.131. The van der Waals surface area contributed by atoms with Crippen molar-refractivity contribution in [2.24, 2.45) is 0 Å². The maximum absolute atomic E-state index is 13.1. The lowest BCUT2D eigenvalue weighted by atomic mass is 10.2. The molecule has 0 aromatic heterocycles. The fourth-order valence-electron chi connectivity index (χ4n) is 0.839. The van der Waals surface area contributed by atoms with Gasteiger partial charge in [-0.15, -0.1) is 0 Å². The molecule has 0 aliphatic rings. The quantitative estimate of drug-likeness (QED) is 0.666. The molecule has 5 heteroatoms. The molecule has 0 bridgehead atoms. The van der Waals surface area contributed by atoms with Gasteiger partial charge in [-0.05, 0) is 39.7 Å². The molecular weight excluding hydrogens is 274 g/mol. The average molecular weight is 279 g/mol. The van der Waals surface area contributed by atoms with Crippen LogP contribution in [-0.4, -0.2) is 11.1 Å². The number of carboxylic acids is 1.